The van der Waals surface area contributed by atoms with Crippen molar-refractivity contribution in [3.05, 3.63) is 59.2 Å². The summed E-state index contributed by atoms with van der Waals surface area (Å²) < 4.78 is 15.5. The molecule has 0 radical (unpaired) electrons. The van der Waals surface area contributed by atoms with Crippen LogP contribution in [-0.2, 0) is 11.3 Å². The highest BCUT2D eigenvalue weighted by molar-refractivity contribution is 5.85. The number of carboxylic acids is 1. The van der Waals surface area contributed by atoms with E-state index in [0.717, 1.165) is 11.8 Å². The summed E-state index contributed by atoms with van der Waals surface area (Å²) in [7, 11) is 0. The van der Waals surface area contributed by atoms with Gasteiger partial charge >= 0.3 is 5.97 Å². The number of hydrogen-bond donors (Lipinski definition) is 1. The standard InChI is InChI=1S/C14H13FN2O2/c1-10-6-7-17(16-10)9-12-4-2-11(8-13(12)15)3-5-14(18)19/h2-8H,9H2,1H3,(H,18,19). The fourth-order valence-corrected chi connectivity index (χ4v) is 1.69. The van der Waals surface area contributed by atoms with Gasteiger partial charge in [-0.1, -0.05) is 12.1 Å². The Morgan fingerprint density at radius 2 is 2.26 bits per heavy atom. The van der Waals surface area contributed by atoms with Gasteiger partial charge in [0.2, 0.25) is 0 Å². The number of aryl methyl sites for hydroxylation is 1. The Hall–Kier alpha value is -2.43. The molecule has 5 heteroatoms. The van der Waals surface area contributed by atoms with Gasteiger partial charge in [0.25, 0.3) is 0 Å². The van der Waals surface area contributed by atoms with Crippen molar-refractivity contribution in [3.63, 3.8) is 0 Å². The number of nitrogens with zero attached hydrogens (tertiary/aromatic N) is 2. The number of halogens is 1. The second-order valence-corrected chi connectivity index (χ2v) is 4.18. The molecule has 1 aromatic heterocycles. The summed E-state index contributed by atoms with van der Waals surface area (Å²) in [6, 6.07) is 6.47. The van der Waals surface area contributed by atoms with Crippen molar-refractivity contribution in [2.45, 2.75) is 13.5 Å². The van der Waals surface area contributed by atoms with Gasteiger partial charge in [0.15, 0.2) is 0 Å². The number of carboxylic acid groups (broad SMARTS) is 1. The highest BCUT2D eigenvalue weighted by Crippen LogP contribution is 2.13. The highest BCUT2D eigenvalue weighted by Gasteiger charge is 2.04. The van der Waals surface area contributed by atoms with Crippen LogP contribution in [0.5, 0.6) is 0 Å². The number of rotatable bonds is 4. The van der Waals surface area contributed by atoms with Crippen molar-refractivity contribution in [2.75, 3.05) is 0 Å². The zero-order chi connectivity index (χ0) is 13.8. The summed E-state index contributed by atoms with van der Waals surface area (Å²) in [5.74, 6) is -1.43. The van der Waals surface area contributed by atoms with Crippen LogP contribution in [0.4, 0.5) is 4.39 Å². The fourth-order valence-electron chi connectivity index (χ4n) is 1.69. The van der Waals surface area contributed by atoms with E-state index < -0.39 is 5.97 Å². The second kappa shape index (κ2) is 5.48. The van der Waals surface area contributed by atoms with Crippen molar-refractivity contribution in [1.29, 1.82) is 0 Å². The summed E-state index contributed by atoms with van der Waals surface area (Å²) >= 11 is 0. The predicted octanol–water partition coefficient (Wildman–Crippen LogP) is 2.48. The molecule has 0 unspecified atom stereocenters. The van der Waals surface area contributed by atoms with Gasteiger partial charge in [-0.15, -0.1) is 0 Å². The molecule has 1 N–H and O–H groups in total. The van der Waals surface area contributed by atoms with Crippen LogP contribution in [0.25, 0.3) is 6.08 Å². The van der Waals surface area contributed by atoms with Crippen molar-refractivity contribution in [3.8, 4) is 0 Å². The Kier molecular flexibility index (Phi) is 3.75. The van der Waals surface area contributed by atoms with Crippen molar-refractivity contribution >= 4 is 12.0 Å². The molecule has 0 aliphatic carbocycles. The van der Waals surface area contributed by atoms with Crippen LogP contribution in [-0.4, -0.2) is 20.9 Å². The van der Waals surface area contributed by atoms with Gasteiger partial charge < -0.3 is 5.11 Å². The molecule has 98 valence electrons. The van der Waals surface area contributed by atoms with E-state index in [2.05, 4.69) is 5.10 Å². The third-order valence-electron chi connectivity index (χ3n) is 2.60. The van der Waals surface area contributed by atoms with Crippen LogP contribution in [0.3, 0.4) is 0 Å². The van der Waals surface area contributed by atoms with E-state index >= 15 is 0 Å². The number of aliphatic carboxylic acids is 1. The molecule has 2 rings (SSSR count). The van der Waals surface area contributed by atoms with E-state index in [1.165, 1.54) is 12.1 Å². The highest BCUT2D eigenvalue weighted by atomic mass is 19.1. The summed E-state index contributed by atoms with van der Waals surface area (Å²) in [6.45, 7) is 2.22. The smallest absolute Gasteiger partial charge is 0.328 e. The molecule has 0 atom stereocenters. The Morgan fingerprint density at radius 1 is 1.47 bits per heavy atom. The van der Waals surface area contributed by atoms with E-state index in [-0.39, 0.29) is 5.82 Å². The van der Waals surface area contributed by atoms with E-state index in [0.29, 0.717) is 17.7 Å². The van der Waals surface area contributed by atoms with Gasteiger partial charge in [-0.25, -0.2) is 9.18 Å². The van der Waals surface area contributed by atoms with Gasteiger partial charge in [0, 0.05) is 17.8 Å². The molecule has 1 heterocycles. The Morgan fingerprint density at radius 3 is 2.84 bits per heavy atom. The maximum Gasteiger partial charge on any atom is 0.328 e. The number of hydrogen-bond acceptors (Lipinski definition) is 2. The van der Waals surface area contributed by atoms with E-state index in [1.54, 1.807) is 23.0 Å². The molecule has 0 spiro atoms. The molecule has 0 saturated carbocycles. The summed E-state index contributed by atoms with van der Waals surface area (Å²) in [6.07, 6.45) is 4.12. The lowest BCUT2D eigenvalue weighted by atomic mass is 10.1. The average molecular weight is 260 g/mol. The molecule has 2 aromatic rings. The first-order valence-electron chi connectivity index (χ1n) is 5.74. The SMILES string of the molecule is Cc1ccn(Cc2ccc(C=CC(=O)O)cc2F)n1. The van der Waals surface area contributed by atoms with Crippen LogP contribution in [0.1, 0.15) is 16.8 Å². The molecular weight excluding hydrogens is 247 g/mol. The summed E-state index contributed by atoms with van der Waals surface area (Å²) in [5, 5.41) is 12.7. The molecule has 0 fully saturated rings. The quantitative estimate of drug-likeness (QED) is 0.859. The monoisotopic (exact) mass is 260 g/mol. The fraction of sp³-hybridized carbons (Fsp3) is 0.143. The Bertz CT molecular complexity index is 632. The Balaban J connectivity index is 2.17. The Labute approximate surface area is 109 Å². The lowest BCUT2D eigenvalue weighted by Crippen LogP contribution is -2.03. The van der Waals surface area contributed by atoms with Crippen LogP contribution in [0.2, 0.25) is 0 Å². The first-order chi connectivity index (χ1) is 9.04. The third-order valence-corrected chi connectivity index (χ3v) is 2.60. The lowest BCUT2D eigenvalue weighted by Gasteiger charge is -2.04. The molecule has 0 amide bonds. The molecule has 4 nitrogen and oxygen atoms in total. The van der Waals surface area contributed by atoms with Gasteiger partial charge in [0.1, 0.15) is 5.82 Å². The molecule has 19 heavy (non-hydrogen) atoms. The van der Waals surface area contributed by atoms with Crippen LogP contribution >= 0.6 is 0 Å². The molecule has 0 bridgehead atoms. The van der Waals surface area contributed by atoms with Crippen LogP contribution < -0.4 is 0 Å². The number of aromatic nitrogens is 2. The minimum absolute atomic E-state index is 0.350. The zero-order valence-electron chi connectivity index (χ0n) is 10.4. The zero-order valence-corrected chi connectivity index (χ0v) is 10.4. The lowest BCUT2D eigenvalue weighted by molar-refractivity contribution is -0.131. The minimum Gasteiger partial charge on any atom is -0.478 e. The molecule has 0 aliphatic rings. The topological polar surface area (TPSA) is 55.1 Å². The summed E-state index contributed by atoms with van der Waals surface area (Å²) in [5.41, 5.74) is 1.90. The molecule has 0 aliphatic heterocycles. The molecule has 0 saturated heterocycles. The van der Waals surface area contributed by atoms with Crippen LogP contribution in [0.15, 0.2) is 36.5 Å². The van der Waals surface area contributed by atoms with E-state index in [4.69, 9.17) is 5.11 Å². The largest absolute Gasteiger partial charge is 0.478 e. The first-order valence-corrected chi connectivity index (χ1v) is 5.74. The van der Waals surface area contributed by atoms with Gasteiger partial charge in [0.05, 0.1) is 12.2 Å². The summed E-state index contributed by atoms with van der Waals surface area (Å²) in [4.78, 5) is 10.4. The minimum atomic E-state index is -1.06. The third kappa shape index (κ3) is 3.51. The van der Waals surface area contributed by atoms with Crippen molar-refractivity contribution in [1.82, 2.24) is 9.78 Å². The van der Waals surface area contributed by atoms with Gasteiger partial charge in [-0.2, -0.15) is 5.10 Å². The van der Waals surface area contributed by atoms with Crippen LogP contribution in [0, 0.1) is 12.7 Å². The maximum absolute atomic E-state index is 13.8. The van der Waals surface area contributed by atoms with E-state index in [1.807, 2.05) is 13.0 Å². The first kappa shape index (κ1) is 13.0. The number of benzene rings is 1. The van der Waals surface area contributed by atoms with Gasteiger partial charge in [-0.3, -0.25) is 4.68 Å². The second-order valence-electron chi connectivity index (χ2n) is 4.18. The van der Waals surface area contributed by atoms with Crippen molar-refractivity contribution < 1.29 is 14.3 Å². The van der Waals surface area contributed by atoms with Crippen molar-refractivity contribution in [2.24, 2.45) is 0 Å². The van der Waals surface area contributed by atoms with Gasteiger partial charge in [-0.05, 0) is 30.7 Å². The maximum atomic E-state index is 13.8. The molecule has 1 aromatic carbocycles. The number of carbonyl (C=O) groups is 1. The normalized spacial score (nSPS) is 11.1. The predicted molar refractivity (Wildman–Crippen MR) is 69.1 cm³/mol. The average Bonchev–Trinajstić information content (AvgIpc) is 2.75. The molecular formula is C14H13FN2O2. The van der Waals surface area contributed by atoms with E-state index in [9.17, 15) is 9.18 Å².